The zero-order valence-electron chi connectivity index (χ0n) is 12.6. The van der Waals surface area contributed by atoms with Crippen LogP contribution in [0.15, 0.2) is 47.1 Å². The monoisotopic (exact) mass is 361 g/mol. The van der Waals surface area contributed by atoms with Gasteiger partial charge < -0.3 is 10.6 Å². The molecule has 2 N–H and O–H groups in total. The Morgan fingerprint density at radius 1 is 1.09 bits per heavy atom. The maximum atomic E-state index is 11.9. The number of halogens is 1. The number of nitrogens with zero attached hydrogens (tertiary/aromatic N) is 1. The Balaban J connectivity index is 1.89. The van der Waals surface area contributed by atoms with Crippen molar-refractivity contribution in [3.63, 3.8) is 0 Å². The number of aromatic nitrogens is 1. The Kier molecular flexibility index (Phi) is 6.40. The standard InChI is InChI=1S/C17H20BrN3O/c1-2-3-4-11-19-17(22)16-10-9-15(12-20-16)21-14-7-5-13(18)6-8-14/h5-10,12,21H,2-4,11H2,1H3,(H,19,22). The number of carbonyl (C=O) groups excluding carboxylic acids is 1. The lowest BCUT2D eigenvalue weighted by Crippen LogP contribution is -2.25. The van der Waals surface area contributed by atoms with Gasteiger partial charge in [0, 0.05) is 16.7 Å². The van der Waals surface area contributed by atoms with Crippen molar-refractivity contribution in [1.29, 1.82) is 0 Å². The largest absolute Gasteiger partial charge is 0.354 e. The van der Waals surface area contributed by atoms with E-state index in [-0.39, 0.29) is 5.91 Å². The average molecular weight is 362 g/mol. The molecule has 0 saturated heterocycles. The van der Waals surface area contributed by atoms with Crippen LogP contribution in [-0.2, 0) is 0 Å². The third-order valence-corrected chi connectivity index (χ3v) is 3.72. The zero-order chi connectivity index (χ0) is 15.8. The summed E-state index contributed by atoms with van der Waals surface area (Å²) in [5.41, 5.74) is 2.27. The molecule has 0 saturated carbocycles. The molecule has 2 aromatic rings. The molecule has 0 atom stereocenters. The van der Waals surface area contributed by atoms with Crippen molar-refractivity contribution < 1.29 is 4.79 Å². The van der Waals surface area contributed by atoms with E-state index < -0.39 is 0 Å². The normalized spacial score (nSPS) is 10.3. The first-order chi connectivity index (χ1) is 10.7. The molecule has 0 fully saturated rings. The minimum absolute atomic E-state index is 0.119. The summed E-state index contributed by atoms with van der Waals surface area (Å²) >= 11 is 3.40. The van der Waals surface area contributed by atoms with Gasteiger partial charge in [-0.25, -0.2) is 4.98 Å². The molecule has 0 radical (unpaired) electrons. The number of anilines is 2. The fourth-order valence-corrected chi connectivity index (χ4v) is 2.23. The Morgan fingerprint density at radius 2 is 1.82 bits per heavy atom. The predicted octanol–water partition coefficient (Wildman–Crippen LogP) is 4.51. The van der Waals surface area contributed by atoms with Gasteiger partial charge in [-0.1, -0.05) is 35.7 Å². The molecule has 22 heavy (non-hydrogen) atoms. The Labute approximate surface area is 139 Å². The highest BCUT2D eigenvalue weighted by atomic mass is 79.9. The highest BCUT2D eigenvalue weighted by Crippen LogP contribution is 2.18. The summed E-state index contributed by atoms with van der Waals surface area (Å²) in [5.74, 6) is -0.119. The lowest BCUT2D eigenvalue weighted by Gasteiger charge is -2.07. The van der Waals surface area contributed by atoms with Crippen LogP contribution in [0.1, 0.15) is 36.7 Å². The van der Waals surface area contributed by atoms with Crippen molar-refractivity contribution in [1.82, 2.24) is 10.3 Å². The summed E-state index contributed by atoms with van der Waals surface area (Å²) in [5, 5.41) is 6.12. The number of hydrogen-bond acceptors (Lipinski definition) is 3. The first-order valence-corrected chi connectivity index (χ1v) is 8.25. The van der Waals surface area contributed by atoms with Crippen LogP contribution in [0, 0.1) is 0 Å². The van der Waals surface area contributed by atoms with Crippen LogP contribution >= 0.6 is 15.9 Å². The third-order valence-electron chi connectivity index (χ3n) is 3.19. The summed E-state index contributed by atoms with van der Waals surface area (Å²) in [4.78, 5) is 16.1. The lowest BCUT2D eigenvalue weighted by atomic mass is 10.2. The maximum Gasteiger partial charge on any atom is 0.269 e. The van der Waals surface area contributed by atoms with Crippen LogP contribution in [0.25, 0.3) is 0 Å². The van der Waals surface area contributed by atoms with Gasteiger partial charge >= 0.3 is 0 Å². The van der Waals surface area contributed by atoms with Gasteiger partial charge in [0.25, 0.3) is 5.91 Å². The number of benzene rings is 1. The predicted molar refractivity (Wildman–Crippen MR) is 93.5 cm³/mol. The number of hydrogen-bond donors (Lipinski definition) is 2. The van der Waals surface area contributed by atoms with Crippen LogP contribution in [0.4, 0.5) is 11.4 Å². The molecule has 5 heteroatoms. The summed E-state index contributed by atoms with van der Waals surface area (Å²) in [7, 11) is 0. The average Bonchev–Trinajstić information content (AvgIpc) is 2.54. The SMILES string of the molecule is CCCCCNC(=O)c1ccc(Nc2ccc(Br)cc2)cn1. The Bertz CT molecular complexity index is 596. The van der Waals surface area contributed by atoms with E-state index >= 15 is 0 Å². The van der Waals surface area contributed by atoms with Crippen LogP contribution in [0.2, 0.25) is 0 Å². The fraction of sp³-hybridized carbons (Fsp3) is 0.294. The number of pyridine rings is 1. The summed E-state index contributed by atoms with van der Waals surface area (Å²) in [6.45, 7) is 2.84. The van der Waals surface area contributed by atoms with Gasteiger partial charge in [-0.15, -0.1) is 0 Å². The van der Waals surface area contributed by atoms with Crippen molar-refractivity contribution in [2.45, 2.75) is 26.2 Å². The highest BCUT2D eigenvalue weighted by molar-refractivity contribution is 9.10. The number of amides is 1. The lowest BCUT2D eigenvalue weighted by molar-refractivity contribution is 0.0948. The number of carbonyl (C=O) groups is 1. The smallest absolute Gasteiger partial charge is 0.269 e. The van der Waals surface area contributed by atoms with Crippen molar-refractivity contribution in [2.75, 3.05) is 11.9 Å². The van der Waals surface area contributed by atoms with Gasteiger partial charge in [-0.3, -0.25) is 4.79 Å². The van der Waals surface area contributed by atoms with Crippen molar-refractivity contribution >= 4 is 33.2 Å². The molecular weight excluding hydrogens is 342 g/mol. The maximum absolute atomic E-state index is 11.9. The van der Waals surface area contributed by atoms with Crippen LogP contribution in [0.3, 0.4) is 0 Å². The summed E-state index contributed by atoms with van der Waals surface area (Å²) in [6.07, 6.45) is 4.95. The van der Waals surface area contributed by atoms with Gasteiger partial charge in [0.15, 0.2) is 0 Å². The van der Waals surface area contributed by atoms with Crippen LogP contribution in [0.5, 0.6) is 0 Å². The van der Waals surface area contributed by atoms with E-state index in [9.17, 15) is 4.79 Å². The molecule has 0 bridgehead atoms. The van der Waals surface area contributed by atoms with Crippen molar-refractivity contribution in [3.8, 4) is 0 Å². The number of rotatable bonds is 7. The molecule has 1 aromatic carbocycles. The number of unbranched alkanes of at least 4 members (excludes halogenated alkanes) is 2. The van der Waals surface area contributed by atoms with E-state index in [4.69, 9.17) is 0 Å². The van der Waals surface area contributed by atoms with Gasteiger partial charge in [-0.2, -0.15) is 0 Å². The highest BCUT2D eigenvalue weighted by Gasteiger charge is 2.06. The van der Waals surface area contributed by atoms with Crippen LogP contribution < -0.4 is 10.6 Å². The molecule has 1 amide bonds. The van der Waals surface area contributed by atoms with Gasteiger partial charge in [-0.05, 0) is 42.8 Å². The summed E-state index contributed by atoms with van der Waals surface area (Å²) in [6, 6.07) is 11.5. The molecule has 0 aliphatic carbocycles. The molecule has 0 spiro atoms. The number of nitrogens with one attached hydrogen (secondary N) is 2. The van der Waals surface area contributed by atoms with Gasteiger partial charge in [0.05, 0.1) is 11.9 Å². The van der Waals surface area contributed by atoms with Gasteiger partial charge in [0.1, 0.15) is 5.69 Å². The van der Waals surface area contributed by atoms with E-state index in [2.05, 4.69) is 38.5 Å². The minimum Gasteiger partial charge on any atom is -0.354 e. The summed E-state index contributed by atoms with van der Waals surface area (Å²) < 4.78 is 1.03. The first kappa shape index (κ1) is 16.5. The molecule has 4 nitrogen and oxygen atoms in total. The molecule has 0 aliphatic heterocycles. The fourth-order valence-electron chi connectivity index (χ4n) is 1.97. The van der Waals surface area contributed by atoms with Crippen molar-refractivity contribution in [2.24, 2.45) is 0 Å². The minimum atomic E-state index is -0.119. The van der Waals surface area contributed by atoms with Crippen molar-refractivity contribution in [3.05, 3.63) is 52.8 Å². The van der Waals surface area contributed by atoms with E-state index in [0.717, 1.165) is 35.1 Å². The second-order valence-electron chi connectivity index (χ2n) is 5.03. The molecule has 0 unspecified atom stereocenters. The van der Waals surface area contributed by atoms with Gasteiger partial charge in [0.2, 0.25) is 0 Å². The Morgan fingerprint density at radius 3 is 2.45 bits per heavy atom. The van der Waals surface area contributed by atoms with E-state index in [0.29, 0.717) is 12.2 Å². The quantitative estimate of drug-likeness (QED) is 0.713. The molecule has 116 valence electrons. The van der Waals surface area contributed by atoms with E-state index in [1.54, 1.807) is 12.3 Å². The second kappa shape index (κ2) is 8.54. The Hall–Kier alpha value is -1.88. The zero-order valence-corrected chi connectivity index (χ0v) is 14.2. The van der Waals surface area contributed by atoms with E-state index in [1.165, 1.54) is 0 Å². The van der Waals surface area contributed by atoms with Crippen LogP contribution in [-0.4, -0.2) is 17.4 Å². The second-order valence-corrected chi connectivity index (χ2v) is 5.94. The first-order valence-electron chi connectivity index (χ1n) is 7.46. The molecule has 0 aliphatic rings. The third kappa shape index (κ3) is 5.15. The van der Waals surface area contributed by atoms with E-state index in [1.807, 2.05) is 30.3 Å². The molecule has 1 heterocycles. The molecular formula is C17H20BrN3O. The molecule has 1 aromatic heterocycles. The molecule has 2 rings (SSSR count). The topological polar surface area (TPSA) is 54.0 Å².